The molecule has 0 fully saturated rings. The average Bonchev–Trinajstić information content (AvgIpc) is 3.35. The molecule has 0 bridgehead atoms. The number of alkyl halides is 1. The highest BCUT2D eigenvalue weighted by molar-refractivity contribution is 9.10. The van der Waals surface area contributed by atoms with Crippen LogP contribution in [-0.4, -0.2) is 236 Å². The molecule has 454 valence electrons. The first-order valence-corrected chi connectivity index (χ1v) is 28.4. The van der Waals surface area contributed by atoms with Gasteiger partial charge in [0.15, 0.2) is 6.61 Å². The summed E-state index contributed by atoms with van der Waals surface area (Å²) in [6, 6.07) is 0. The Hall–Kier alpha value is -2.25. The van der Waals surface area contributed by atoms with Crippen molar-refractivity contribution >= 4 is 47.4 Å². The number of carbonyl (C=O) groups excluding carboxylic acids is 4. The number of likely N-dealkylation sites (N-methyl/N-ethyl adjacent to an activating group) is 1. The third-order valence-corrected chi connectivity index (χ3v) is 12.9. The van der Waals surface area contributed by atoms with Crippen molar-refractivity contribution in [3.8, 4) is 12.3 Å². The number of hydrogen-bond acceptors (Lipinski definition) is 21. The molecule has 0 aromatic heterocycles. The molecular formula is C52H98BrNO22P+. The Morgan fingerprint density at radius 1 is 0.597 bits per heavy atom. The molecule has 0 spiro atoms. The van der Waals surface area contributed by atoms with Gasteiger partial charge in [0, 0.05) is 24.4 Å². The molecule has 5 N–H and O–H groups in total. The summed E-state index contributed by atoms with van der Waals surface area (Å²) in [7, 11) is 1.32. The van der Waals surface area contributed by atoms with Gasteiger partial charge >= 0.3 is 25.7 Å². The molecule has 25 heteroatoms. The van der Waals surface area contributed by atoms with Gasteiger partial charge in [-0.1, -0.05) is 49.5 Å². The van der Waals surface area contributed by atoms with Crippen LogP contribution in [0.25, 0.3) is 0 Å². The standard InChI is InChI=1S/C37H67BrNO16P.C15H30O6/c1-9-14-52-34(44)37(5,38)30-36(4,33(43)53-25-26-55-56(45,46)54-16-13-39(6,7)8)29-35(2,3)32(42)12-10-11-15-47-17-18-48-19-20-49-21-22-50-23-24-51-28-31(41)27-40;1-5-15(3,4)14(18)21-10-12(2)9-19-6-7-20-11-13(17)8-16/h1,31,40-41H,10-30H2,2-8H3;12-13,16-17H,5-11H2,1-4H3/p+1. The van der Waals surface area contributed by atoms with Crippen molar-refractivity contribution in [1.29, 1.82) is 0 Å². The molecule has 0 saturated heterocycles. The summed E-state index contributed by atoms with van der Waals surface area (Å²) in [5.41, 5.74) is -2.83. The molecule has 0 saturated carbocycles. The van der Waals surface area contributed by atoms with Crippen LogP contribution in [0.1, 0.15) is 93.9 Å². The zero-order chi connectivity index (χ0) is 59.0. The lowest BCUT2D eigenvalue weighted by molar-refractivity contribution is -0.870. The molecule has 77 heavy (non-hydrogen) atoms. The van der Waals surface area contributed by atoms with Crippen molar-refractivity contribution in [2.24, 2.45) is 22.2 Å². The van der Waals surface area contributed by atoms with Gasteiger partial charge in [0.25, 0.3) is 0 Å². The largest absolute Gasteiger partial charge is 0.472 e. The third kappa shape index (κ3) is 41.4. The second-order valence-corrected chi connectivity index (χ2v) is 24.4. The minimum Gasteiger partial charge on any atom is -0.465 e. The van der Waals surface area contributed by atoms with E-state index in [1.165, 1.54) is 6.92 Å². The fraction of sp³-hybridized carbons (Fsp3) is 0.885. The van der Waals surface area contributed by atoms with Crippen molar-refractivity contribution in [3.05, 3.63) is 0 Å². The summed E-state index contributed by atoms with van der Waals surface area (Å²) in [5.74, 6) is 0.659. The van der Waals surface area contributed by atoms with Gasteiger partial charge in [0.05, 0.1) is 144 Å². The lowest BCUT2D eigenvalue weighted by Gasteiger charge is -2.38. The highest BCUT2D eigenvalue weighted by atomic mass is 79.9. The number of nitrogens with zero attached hydrogens (tertiary/aromatic N) is 1. The molecule has 0 aliphatic carbocycles. The maximum absolute atomic E-state index is 13.6. The van der Waals surface area contributed by atoms with Crippen molar-refractivity contribution < 1.29 is 110 Å². The number of rotatable bonds is 48. The second kappa shape index (κ2) is 42.6. The Bertz CT molecular complexity index is 1680. The minimum absolute atomic E-state index is 0.0176. The Kier molecular flexibility index (Phi) is 42.5. The number of terminal acetylenes is 1. The number of esters is 3. The first-order valence-electron chi connectivity index (χ1n) is 26.2. The van der Waals surface area contributed by atoms with E-state index >= 15 is 0 Å². The van der Waals surface area contributed by atoms with Gasteiger partial charge in [0.1, 0.15) is 42.1 Å². The van der Waals surface area contributed by atoms with Gasteiger partial charge in [0.2, 0.25) is 0 Å². The maximum Gasteiger partial charge on any atom is 0.472 e. The zero-order valence-corrected chi connectivity index (χ0v) is 50.5. The van der Waals surface area contributed by atoms with Crippen LogP contribution >= 0.6 is 23.8 Å². The van der Waals surface area contributed by atoms with Gasteiger partial charge < -0.3 is 77.2 Å². The number of phosphoric ester groups is 1. The highest BCUT2D eigenvalue weighted by Gasteiger charge is 2.49. The number of Topliss-reactive ketones (excluding diaryl/α,β-unsaturated/α-hetero) is 1. The van der Waals surface area contributed by atoms with Crippen LogP contribution in [0.15, 0.2) is 0 Å². The summed E-state index contributed by atoms with van der Waals surface area (Å²) < 4.78 is 74.8. The molecular weight excluding hydrogens is 1100 g/mol. The second-order valence-electron chi connectivity index (χ2n) is 21.2. The van der Waals surface area contributed by atoms with Gasteiger partial charge in [-0.2, -0.15) is 0 Å². The number of unbranched alkanes of at least 4 members (excludes halogenated alkanes) is 1. The third-order valence-electron chi connectivity index (χ3n) is 11.3. The number of ether oxygens (including phenoxy) is 10. The summed E-state index contributed by atoms with van der Waals surface area (Å²) in [4.78, 5) is 61.7. The van der Waals surface area contributed by atoms with Crippen LogP contribution in [0.5, 0.6) is 0 Å². The molecule has 0 heterocycles. The Morgan fingerprint density at radius 2 is 1.06 bits per heavy atom. The number of phosphoric acid groups is 1. The Balaban J connectivity index is 0. The van der Waals surface area contributed by atoms with Gasteiger partial charge in [-0.3, -0.25) is 28.2 Å². The molecule has 0 radical (unpaired) electrons. The average molecular weight is 1200 g/mol. The van der Waals surface area contributed by atoms with Crippen molar-refractivity contribution in [2.75, 3.05) is 166 Å². The van der Waals surface area contributed by atoms with Crippen LogP contribution in [0.4, 0.5) is 0 Å². The zero-order valence-electron chi connectivity index (χ0n) is 48.1. The lowest BCUT2D eigenvalue weighted by Crippen LogP contribution is -2.45. The Labute approximate surface area is 467 Å². The number of aliphatic hydroxyl groups excluding tert-OH is 4. The predicted molar refractivity (Wildman–Crippen MR) is 289 cm³/mol. The van der Waals surface area contributed by atoms with E-state index in [9.17, 15) is 33.7 Å². The number of halogens is 1. The summed E-state index contributed by atoms with van der Waals surface area (Å²) >= 11 is 3.39. The molecule has 0 amide bonds. The van der Waals surface area contributed by atoms with E-state index in [0.717, 1.165) is 6.42 Å². The number of ketones is 1. The molecule has 0 aliphatic heterocycles. The SMILES string of the molecule is C#CCOC(=O)C(C)(Br)CC(C)(CC(C)(C)C(=O)CCCCOCCOCCOCCOCCOCC(O)CO)C(=O)OCCOP(=O)(O)OCC[N+](C)(C)C.CCC(C)(C)C(=O)OCC(C)COCCOCC(O)CO. The molecule has 0 aromatic rings. The van der Waals surface area contributed by atoms with E-state index in [1.807, 2.05) is 48.8 Å². The van der Waals surface area contributed by atoms with E-state index in [-0.39, 0.29) is 83.2 Å². The monoisotopic (exact) mass is 1200 g/mol. The number of quaternary nitrogens is 1. The van der Waals surface area contributed by atoms with Crippen LogP contribution in [0, 0.1) is 34.5 Å². The molecule has 23 nitrogen and oxygen atoms in total. The minimum atomic E-state index is -4.38. The van der Waals surface area contributed by atoms with Crippen LogP contribution in [0.2, 0.25) is 0 Å². The highest BCUT2D eigenvalue weighted by Crippen LogP contribution is 2.45. The summed E-state index contributed by atoms with van der Waals surface area (Å²) in [6.07, 6.45) is 5.59. The van der Waals surface area contributed by atoms with Gasteiger partial charge in [-0.05, 0) is 59.8 Å². The van der Waals surface area contributed by atoms with Crippen LogP contribution in [0.3, 0.4) is 0 Å². The lowest BCUT2D eigenvalue weighted by atomic mass is 9.67. The van der Waals surface area contributed by atoms with E-state index in [0.29, 0.717) is 110 Å². The predicted octanol–water partition coefficient (Wildman–Crippen LogP) is 3.68. The smallest absolute Gasteiger partial charge is 0.465 e. The number of carbonyl (C=O) groups is 4. The fourth-order valence-corrected chi connectivity index (χ4v) is 7.96. The van der Waals surface area contributed by atoms with E-state index in [4.69, 9.17) is 78.2 Å². The molecule has 6 atom stereocenters. The van der Waals surface area contributed by atoms with E-state index < -0.39 is 59.1 Å². The van der Waals surface area contributed by atoms with Crippen molar-refractivity contribution in [1.82, 2.24) is 0 Å². The van der Waals surface area contributed by atoms with Crippen molar-refractivity contribution in [2.45, 2.75) is 110 Å². The molecule has 0 aromatic carbocycles. The number of hydrogen-bond donors (Lipinski definition) is 5. The van der Waals surface area contributed by atoms with Crippen molar-refractivity contribution in [3.63, 3.8) is 0 Å². The topological polar surface area (TPSA) is 297 Å². The van der Waals surface area contributed by atoms with E-state index in [2.05, 4.69) is 21.9 Å². The normalized spacial score (nSPS) is 15.6. The molecule has 0 rings (SSSR count). The fourth-order valence-electron chi connectivity index (χ4n) is 6.53. The Morgan fingerprint density at radius 3 is 1.53 bits per heavy atom. The first-order chi connectivity index (χ1) is 35.9. The quantitative estimate of drug-likeness (QED) is 0.0110. The summed E-state index contributed by atoms with van der Waals surface area (Å²) in [5, 5.41) is 35.5. The molecule has 6 unspecified atom stereocenters. The maximum atomic E-state index is 13.6. The summed E-state index contributed by atoms with van der Waals surface area (Å²) in [6.45, 7) is 18.2. The van der Waals surface area contributed by atoms with Gasteiger partial charge in [-0.25, -0.2) is 4.57 Å². The van der Waals surface area contributed by atoms with Gasteiger partial charge in [-0.15, -0.1) is 6.42 Å². The number of aliphatic hydroxyl groups is 4. The van der Waals surface area contributed by atoms with E-state index in [1.54, 1.807) is 20.8 Å². The molecule has 0 aliphatic rings. The first kappa shape index (κ1) is 76.8. The van der Waals surface area contributed by atoms with Crippen LogP contribution in [-0.2, 0) is 80.2 Å². The van der Waals surface area contributed by atoms with Crippen LogP contribution < -0.4 is 0 Å².